The van der Waals surface area contributed by atoms with Crippen LogP contribution in [0.5, 0.6) is 0 Å². The lowest BCUT2D eigenvalue weighted by Gasteiger charge is -2.18. The van der Waals surface area contributed by atoms with Gasteiger partial charge in [-0.25, -0.2) is 0 Å². The quantitative estimate of drug-likeness (QED) is 0.0262. The van der Waals surface area contributed by atoms with Gasteiger partial charge in [-0.2, -0.15) is 0 Å². The van der Waals surface area contributed by atoms with Gasteiger partial charge in [-0.05, 0) is 135 Å². The van der Waals surface area contributed by atoms with E-state index >= 15 is 0 Å². The van der Waals surface area contributed by atoms with E-state index in [1.54, 1.807) is 0 Å². The zero-order valence-electron chi connectivity index (χ0n) is 44.9. The predicted octanol–water partition coefficient (Wildman–Crippen LogP) is 18.8. The van der Waals surface area contributed by atoms with Crippen LogP contribution >= 0.6 is 0 Å². The van der Waals surface area contributed by atoms with Crippen molar-refractivity contribution < 1.29 is 28.6 Å². The van der Waals surface area contributed by atoms with Crippen molar-refractivity contribution in [2.75, 3.05) is 13.2 Å². The summed E-state index contributed by atoms with van der Waals surface area (Å²) in [4.78, 5) is 38.1. The highest BCUT2D eigenvalue weighted by atomic mass is 16.6. The molecular weight excluding hydrogens is 877 g/mol. The largest absolute Gasteiger partial charge is 0.462 e. The van der Waals surface area contributed by atoms with E-state index in [1.807, 2.05) is 12.2 Å². The molecule has 0 rings (SSSR count). The number of unbranched alkanes of at least 4 members (excludes halogenated alkanes) is 8. The van der Waals surface area contributed by atoms with Crippen molar-refractivity contribution in [2.24, 2.45) is 0 Å². The summed E-state index contributed by atoms with van der Waals surface area (Å²) in [6.07, 6.45) is 85.0. The fourth-order valence-corrected chi connectivity index (χ4v) is 6.63. The van der Waals surface area contributed by atoms with Gasteiger partial charge in [-0.3, -0.25) is 14.4 Å². The number of allylic oxidation sites excluding steroid dienone is 28. The molecule has 0 bridgehead atoms. The Labute approximate surface area is 434 Å². The van der Waals surface area contributed by atoms with Crippen LogP contribution in [0.3, 0.4) is 0 Å². The van der Waals surface area contributed by atoms with Gasteiger partial charge in [0.2, 0.25) is 0 Å². The van der Waals surface area contributed by atoms with E-state index in [2.05, 4.69) is 179 Å². The van der Waals surface area contributed by atoms with Gasteiger partial charge in [-0.1, -0.05) is 217 Å². The summed E-state index contributed by atoms with van der Waals surface area (Å²) >= 11 is 0. The van der Waals surface area contributed by atoms with Crippen LogP contribution in [0.2, 0.25) is 0 Å². The fraction of sp³-hybridized carbons (Fsp3) is 0.523. The molecule has 0 N–H and O–H groups in total. The van der Waals surface area contributed by atoms with Gasteiger partial charge in [0.25, 0.3) is 0 Å². The minimum absolute atomic E-state index is 0.145. The van der Waals surface area contributed by atoms with Crippen molar-refractivity contribution in [3.8, 4) is 0 Å². The first-order valence-electron chi connectivity index (χ1n) is 27.6. The lowest BCUT2D eigenvalue weighted by Crippen LogP contribution is -2.30. The highest BCUT2D eigenvalue weighted by molar-refractivity contribution is 5.71. The van der Waals surface area contributed by atoms with Crippen molar-refractivity contribution in [1.29, 1.82) is 0 Å². The Kier molecular flexibility index (Phi) is 53.1. The molecule has 0 amide bonds. The summed E-state index contributed by atoms with van der Waals surface area (Å²) in [5.74, 6) is -1.12. The number of carbonyl (C=O) groups is 3. The monoisotopic (exact) mass is 975 g/mol. The van der Waals surface area contributed by atoms with Gasteiger partial charge >= 0.3 is 17.9 Å². The van der Waals surface area contributed by atoms with Crippen LogP contribution in [-0.2, 0) is 28.6 Å². The summed E-state index contributed by atoms with van der Waals surface area (Å²) in [7, 11) is 0. The van der Waals surface area contributed by atoms with Crippen molar-refractivity contribution in [3.05, 3.63) is 170 Å². The zero-order chi connectivity index (χ0) is 51.4. The Balaban J connectivity index is 4.67. The zero-order valence-corrected chi connectivity index (χ0v) is 44.9. The average Bonchev–Trinajstić information content (AvgIpc) is 3.37. The molecule has 1 atom stereocenters. The molecule has 0 unspecified atom stereocenters. The molecule has 0 fully saturated rings. The molecule has 0 radical (unpaired) electrons. The third-order valence-electron chi connectivity index (χ3n) is 10.7. The van der Waals surface area contributed by atoms with E-state index in [4.69, 9.17) is 14.2 Å². The van der Waals surface area contributed by atoms with E-state index in [0.717, 1.165) is 122 Å². The third kappa shape index (κ3) is 55.6. The maximum absolute atomic E-state index is 12.8. The summed E-state index contributed by atoms with van der Waals surface area (Å²) in [6, 6.07) is 0. The van der Waals surface area contributed by atoms with Gasteiger partial charge in [0.1, 0.15) is 13.2 Å². The van der Waals surface area contributed by atoms with Crippen LogP contribution in [-0.4, -0.2) is 37.2 Å². The van der Waals surface area contributed by atoms with Crippen molar-refractivity contribution in [3.63, 3.8) is 0 Å². The van der Waals surface area contributed by atoms with Crippen molar-refractivity contribution in [1.82, 2.24) is 0 Å². The molecule has 0 aromatic carbocycles. The van der Waals surface area contributed by atoms with Crippen LogP contribution in [0.4, 0.5) is 0 Å². The Morgan fingerprint density at radius 3 is 0.972 bits per heavy atom. The number of rotatable bonds is 47. The Bertz CT molecular complexity index is 1690. The number of hydrogen-bond acceptors (Lipinski definition) is 6. The lowest BCUT2D eigenvalue weighted by atomic mass is 10.1. The highest BCUT2D eigenvalue weighted by Gasteiger charge is 2.19. The average molecular weight is 975 g/mol. The molecule has 0 heterocycles. The van der Waals surface area contributed by atoms with Gasteiger partial charge < -0.3 is 14.2 Å². The van der Waals surface area contributed by atoms with Gasteiger partial charge in [0.05, 0.1) is 0 Å². The molecule has 6 heteroatoms. The molecule has 6 nitrogen and oxygen atoms in total. The van der Waals surface area contributed by atoms with E-state index in [1.165, 1.54) is 25.7 Å². The maximum Gasteiger partial charge on any atom is 0.306 e. The molecule has 0 saturated carbocycles. The van der Waals surface area contributed by atoms with Crippen molar-refractivity contribution in [2.45, 2.75) is 207 Å². The molecular formula is C65H98O6. The summed E-state index contributed by atoms with van der Waals surface area (Å²) < 4.78 is 16.7. The van der Waals surface area contributed by atoms with Gasteiger partial charge in [0, 0.05) is 19.3 Å². The minimum atomic E-state index is -0.858. The first-order valence-corrected chi connectivity index (χ1v) is 27.6. The molecule has 0 aliphatic heterocycles. The normalized spacial score (nSPS) is 13.5. The molecule has 71 heavy (non-hydrogen) atoms. The highest BCUT2D eigenvalue weighted by Crippen LogP contribution is 2.10. The smallest absolute Gasteiger partial charge is 0.306 e. The topological polar surface area (TPSA) is 78.9 Å². The fourth-order valence-electron chi connectivity index (χ4n) is 6.63. The summed E-state index contributed by atoms with van der Waals surface area (Å²) in [5, 5.41) is 0. The third-order valence-corrected chi connectivity index (χ3v) is 10.7. The Hall–Kier alpha value is -5.23. The number of hydrogen-bond donors (Lipinski definition) is 0. The predicted molar refractivity (Wildman–Crippen MR) is 306 cm³/mol. The summed E-state index contributed by atoms with van der Waals surface area (Å²) in [6.45, 7) is 6.22. The van der Waals surface area contributed by atoms with Crippen molar-refractivity contribution >= 4 is 17.9 Å². The van der Waals surface area contributed by atoms with Crippen LogP contribution < -0.4 is 0 Å². The summed E-state index contributed by atoms with van der Waals surface area (Å²) in [5.41, 5.74) is 0. The molecule has 0 spiro atoms. The van der Waals surface area contributed by atoms with Crippen LogP contribution in [0.25, 0.3) is 0 Å². The standard InChI is InChI=1S/C65H98O6/c1-4-7-10-13-16-19-22-25-28-31-32-35-37-40-43-46-49-52-55-58-64(67)70-61-62(71-65(68)59-56-53-50-47-44-41-38-34-30-27-24-21-18-15-12-9-6-3)60-69-63(66)57-54-51-48-45-42-39-36-33-29-26-23-20-17-14-11-8-5-2/h7,9-10,12,16-21,25-30,32,35-36,38-41,43,47,49-50,52,62H,4-6,8,11,13-15,22-24,31,33-34,37,42,44-46,48,51,53-61H2,1-3H3/b10-7-,12-9-,19-16-,20-17-,21-18-,28-25-,29-26-,30-27-,35-32-,39-36-,41-38-,43-40-,50-47-,52-49-/t62-/m1/s1. The lowest BCUT2D eigenvalue weighted by molar-refractivity contribution is -0.166. The Morgan fingerprint density at radius 1 is 0.296 bits per heavy atom. The molecule has 0 aromatic rings. The second-order valence-corrected chi connectivity index (χ2v) is 17.4. The molecule has 0 saturated heterocycles. The first kappa shape index (κ1) is 65.8. The SMILES string of the molecule is CC/C=C\C/C=C\C/C=C\C/C=C\C/C=C\C/C=C\CCC(=O)OC[C@@H](COC(=O)CCCCCC/C=C\C/C=C\C/C=C\CCCCC)OC(=O)CCC/C=C\C/C=C\C/C=C\C/C=C\C/C=C\CC. The Morgan fingerprint density at radius 2 is 0.592 bits per heavy atom. The van der Waals surface area contributed by atoms with Crippen LogP contribution in [0.15, 0.2) is 170 Å². The van der Waals surface area contributed by atoms with E-state index in [-0.39, 0.29) is 38.0 Å². The molecule has 394 valence electrons. The number of esters is 3. The van der Waals surface area contributed by atoms with E-state index in [9.17, 15) is 14.4 Å². The van der Waals surface area contributed by atoms with Gasteiger partial charge in [0.15, 0.2) is 6.10 Å². The van der Waals surface area contributed by atoms with E-state index in [0.29, 0.717) is 19.3 Å². The second kappa shape index (κ2) is 57.3. The second-order valence-electron chi connectivity index (χ2n) is 17.4. The minimum Gasteiger partial charge on any atom is -0.462 e. The first-order chi connectivity index (χ1) is 35.0. The van der Waals surface area contributed by atoms with Gasteiger partial charge in [-0.15, -0.1) is 0 Å². The molecule has 0 aliphatic rings. The van der Waals surface area contributed by atoms with Crippen LogP contribution in [0, 0.1) is 0 Å². The molecule has 0 aromatic heterocycles. The van der Waals surface area contributed by atoms with Crippen LogP contribution in [0.1, 0.15) is 201 Å². The van der Waals surface area contributed by atoms with E-state index < -0.39 is 12.1 Å². The maximum atomic E-state index is 12.8. The number of carbonyl (C=O) groups excluding carboxylic acids is 3. The molecule has 0 aliphatic carbocycles. The number of ether oxygens (including phenoxy) is 3.